The number of likely N-dealkylation sites (N-methyl/N-ethyl adjacent to an activating group) is 1. The third kappa shape index (κ3) is 6.10. The first-order valence-corrected chi connectivity index (χ1v) is 8.44. The molecule has 0 saturated heterocycles. The minimum atomic E-state index is -0.303. The molecule has 1 heterocycles. The molecule has 2 rings (SSSR count). The summed E-state index contributed by atoms with van der Waals surface area (Å²) in [7, 11) is 1.64. The number of nitrogens with one attached hydrogen (secondary N) is 1. The summed E-state index contributed by atoms with van der Waals surface area (Å²) in [6, 6.07) is 13.6. The Morgan fingerprint density at radius 1 is 1.08 bits per heavy atom. The van der Waals surface area contributed by atoms with Crippen molar-refractivity contribution in [1.82, 2.24) is 10.2 Å². The van der Waals surface area contributed by atoms with Gasteiger partial charge in [-0.15, -0.1) is 0 Å². The molecule has 0 aliphatic rings. The molecule has 0 radical (unpaired) electrons. The van der Waals surface area contributed by atoms with Crippen LogP contribution in [0.15, 0.2) is 46.9 Å². The molecule has 134 valence electrons. The summed E-state index contributed by atoms with van der Waals surface area (Å²) in [5, 5.41) is 2.85. The molecule has 25 heavy (non-hydrogen) atoms. The van der Waals surface area contributed by atoms with E-state index in [-0.39, 0.29) is 23.9 Å². The van der Waals surface area contributed by atoms with Gasteiger partial charge < -0.3 is 14.6 Å². The molecule has 1 aromatic heterocycles. The minimum Gasteiger partial charge on any atom is -0.461 e. The highest BCUT2D eigenvalue weighted by Gasteiger charge is 2.18. The molecule has 0 aliphatic carbocycles. The quantitative estimate of drug-likeness (QED) is 0.876. The minimum absolute atomic E-state index is 0.0591. The van der Waals surface area contributed by atoms with Gasteiger partial charge in [0.15, 0.2) is 0 Å². The van der Waals surface area contributed by atoms with Crippen molar-refractivity contribution in [2.45, 2.75) is 39.2 Å². The summed E-state index contributed by atoms with van der Waals surface area (Å²) in [6.07, 6.45) is 0.817. The summed E-state index contributed by atoms with van der Waals surface area (Å²) in [5.41, 5.74) is 0.708. The van der Waals surface area contributed by atoms with E-state index in [0.717, 1.165) is 17.1 Å². The molecule has 5 heteroatoms. The average Bonchev–Trinajstić information content (AvgIpc) is 3.00. The van der Waals surface area contributed by atoms with Gasteiger partial charge in [0, 0.05) is 31.0 Å². The molecule has 1 aromatic carbocycles. The lowest BCUT2D eigenvalue weighted by molar-refractivity contribution is -0.135. The predicted molar refractivity (Wildman–Crippen MR) is 98.0 cm³/mol. The molecule has 0 aliphatic heterocycles. The van der Waals surface area contributed by atoms with Gasteiger partial charge in [-0.1, -0.05) is 30.3 Å². The second kappa shape index (κ2) is 8.01. The van der Waals surface area contributed by atoms with Crippen molar-refractivity contribution in [3.05, 3.63) is 48.2 Å². The Morgan fingerprint density at radius 2 is 1.76 bits per heavy atom. The summed E-state index contributed by atoms with van der Waals surface area (Å²) >= 11 is 0. The van der Waals surface area contributed by atoms with Crippen molar-refractivity contribution in [1.29, 1.82) is 0 Å². The van der Waals surface area contributed by atoms with Crippen LogP contribution in [0.4, 0.5) is 0 Å². The van der Waals surface area contributed by atoms with Crippen molar-refractivity contribution >= 4 is 11.8 Å². The Morgan fingerprint density at radius 3 is 2.40 bits per heavy atom. The van der Waals surface area contributed by atoms with E-state index in [9.17, 15) is 9.59 Å². The number of carbonyl (C=O) groups excluding carboxylic acids is 2. The first-order chi connectivity index (χ1) is 11.7. The second-order valence-corrected chi connectivity index (χ2v) is 7.18. The molecule has 0 fully saturated rings. The van der Waals surface area contributed by atoms with Gasteiger partial charge >= 0.3 is 0 Å². The monoisotopic (exact) mass is 342 g/mol. The van der Waals surface area contributed by atoms with E-state index >= 15 is 0 Å². The maximum absolute atomic E-state index is 12.2. The third-order valence-corrected chi connectivity index (χ3v) is 3.63. The topological polar surface area (TPSA) is 62.6 Å². The van der Waals surface area contributed by atoms with Crippen LogP contribution in [-0.4, -0.2) is 35.8 Å². The number of benzene rings is 1. The van der Waals surface area contributed by atoms with Crippen LogP contribution >= 0.6 is 0 Å². The van der Waals surface area contributed by atoms with Crippen LogP contribution in [-0.2, 0) is 16.0 Å². The maximum Gasteiger partial charge on any atom is 0.240 e. The summed E-state index contributed by atoms with van der Waals surface area (Å²) < 4.78 is 5.80. The Balaban J connectivity index is 1.84. The summed E-state index contributed by atoms with van der Waals surface area (Å²) in [6.45, 7) is 5.79. The smallest absolute Gasteiger partial charge is 0.240 e. The summed E-state index contributed by atoms with van der Waals surface area (Å²) in [4.78, 5) is 25.5. The third-order valence-electron chi connectivity index (χ3n) is 3.63. The second-order valence-electron chi connectivity index (χ2n) is 7.18. The molecular formula is C20H26N2O3. The normalized spacial score (nSPS) is 11.2. The number of hydrogen-bond donors (Lipinski definition) is 1. The van der Waals surface area contributed by atoms with Crippen LogP contribution in [0.25, 0.3) is 11.3 Å². The average molecular weight is 342 g/mol. The van der Waals surface area contributed by atoms with Crippen molar-refractivity contribution < 1.29 is 14.0 Å². The largest absolute Gasteiger partial charge is 0.461 e. The van der Waals surface area contributed by atoms with Gasteiger partial charge in [0.2, 0.25) is 11.8 Å². The fraction of sp³-hybridized carbons (Fsp3) is 0.400. The van der Waals surface area contributed by atoms with Crippen molar-refractivity contribution in [2.24, 2.45) is 0 Å². The predicted octanol–water partition coefficient (Wildman–Crippen LogP) is 3.25. The maximum atomic E-state index is 12.2. The molecular weight excluding hydrogens is 316 g/mol. The Hall–Kier alpha value is -2.56. The van der Waals surface area contributed by atoms with E-state index in [1.165, 1.54) is 4.90 Å². The Labute approximate surface area is 149 Å². The first-order valence-electron chi connectivity index (χ1n) is 8.44. The van der Waals surface area contributed by atoms with E-state index < -0.39 is 0 Å². The molecule has 2 aromatic rings. The molecule has 2 amide bonds. The highest BCUT2D eigenvalue weighted by molar-refractivity contribution is 5.85. The van der Waals surface area contributed by atoms with Crippen molar-refractivity contribution in [3.63, 3.8) is 0 Å². The number of aryl methyl sites for hydroxylation is 1. The number of furan rings is 1. The van der Waals surface area contributed by atoms with Crippen molar-refractivity contribution in [3.8, 4) is 11.3 Å². The zero-order valence-corrected chi connectivity index (χ0v) is 15.3. The van der Waals surface area contributed by atoms with Gasteiger partial charge in [-0.25, -0.2) is 0 Å². The Kier molecular flexibility index (Phi) is 6.02. The van der Waals surface area contributed by atoms with Crippen LogP contribution < -0.4 is 5.32 Å². The van der Waals surface area contributed by atoms with E-state index in [2.05, 4.69) is 5.32 Å². The lowest BCUT2D eigenvalue weighted by Crippen LogP contribution is -2.46. The van der Waals surface area contributed by atoms with Crippen LogP contribution in [0, 0.1) is 0 Å². The molecule has 1 N–H and O–H groups in total. The molecule has 0 unspecified atom stereocenters. The highest BCUT2D eigenvalue weighted by Crippen LogP contribution is 2.22. The van der Waals surface area contributed by atoms with E-state index in [0.29, 0.717) is 12.8 Å². The van der Waals surface area contributed by atoms with Gasteiger partial charge in [0.1, 0.15) is 11.5 Å². The van der Waals surface area contributed by atoms with Gasteiger partial charge in [-0.2, -0.15) is 0 Å². The van der Waals surface area contributed by atoms with Crippen LogP contribution in [0.2, 0.25) is 0 Å². The van der Waals surface area contributed by atoms with Crippen LogP contribution in [0.3, 0.4) is 0 Å². The summed E-state index contributed by atoms with van der Waals surface area (Å²) in [5.74, 6) is 1.31. The molecule has 0 spiro atoms. The fourth-order valence-corrected chi connectivity index (χ4v) is 2.45. The molecule has 0 saturated carbocycles. The van der Waals surface area contributed by atoms with Crippen molar-refractivity contribution in [2.75, 3.05) is 13.6 Å². The number of nitrogens with zero attached hydrogens (tertiary/aromatic N) is 1. The Bertz CT molecular complexity index is 714. The van der Waals surface area contributed by atoms with E-state index in [1.807, 2.05) is 63.2 Å². The lowest BCUT2D eigenvalue weighted by Gasteiger charge is -2.23. The van der Waals surface area contributed by atoms with Gasteiger partial charge in [0.25, 0.3) is 0 Å². The SMILES string of the molecule is CN(CC(=O)NC(C)(C)C)C(=O)CCc1ccc(-c2ccccc2)o1. The molecule has 0 bridgehead atoms. The van der Waals surface area contributed by atoms with E-state index in [4.69, 9.17) is 4.42 Å². The first kappa shape index (κ1) is 18.8. The molecule has 5 nitrogen and oxygen atoms in total. The van der Waals surface area contributed by atoms with E-state index in [1.54, 1.807) is 7.05 Å². The number of hydrogen-bond acceptors (Lipinski definition) is 3. The zero-order valence-electron chi connectivity index (χ0n) is 15.3. The van der Waals surface area contributed by atoms with Gasteiger partial charge in [0.05, 0.1) is 6.54 Å². The van der Waals surface area contributed by atoms with Crippen LogP contribution in [0.1, 0.15) is 33.0 Å². The number of rotatable bonds is 6. The highest BCUT2D eigenvalue weighted by atomic mass is 16.3. The van der Waals surface area contributed by atoms with Crippen LogP contribution in [0.5, 0.6) is 0 Å². The zero-order chi connectivity index (χ0) is 18.4. The van der Waals surface area contributed by atoms with Gasteiger partial charge in [-0.05, 0) is 32.9 Å². The number of amides is 2. The lowest BCUT2D eigenvalue weighted by atomic mass is 10.1. The van der Waals surface area contributed by atoms with Gasteiger partial charge in [-0.3, -0.25) is 9.59 Å². The fourth-order valence-electron chi connectivity index (χ4n) is 2.45. The standard InChI is InChI=1S/C20H26N2O3/c1-20(2,3)21-18(23)14-22(4)19(24)13-11-16-10-12-17(25-16)15-8-6-5-7-9-15/h5-10,12H,11,13-14H2,1-4H3,(H,21,23). The number of carbonyl (C=O) groups is 2. The molecule has 0 atom stereocenters.